The number of nitrogens with zero attached hydrogens (tertiary/aromatic N) is 5. The molecule has 2 atom stereocenters. The van der Waals surface area contributed by atoms with Gasteiger partial charge in [-0.3, -0.25) is 19.5 Å². The number of sulfonamides is 1. The van der Waals surface area contributed by atoms with Gasteiger partial charge in [-0.05, 0) is 25.0 Å². The van der Waals surface area contributed by atoms with Gasteiger partial charge in [0.2, 0.25) is 21.8 Å². The standard InChI is InChI=1S/C25H29N5O4S/c1-19-21(9-5-10-27-19)23(18-26)28-12-14-29(15-13-28)24(31)17-22(20-7-3-2-4-8-20)25(32)30-11-6-16-35(30,33)34/h2-5,7-10,22-23H,6,11-17H2,1H3. The van der Waals surface area contributed by atoms with Crippen molar-refractivity contribution in [3.05, 3.63) is 65.5 Å². The molecule has 9 nitrogen and oxygen atoms in total. The van der Waals surface area contributed by atoms with Crippen LogP contribution in [0.1, 0.15) is 41.6 Å². The molecule has 2 saturated heterocycles. The van der Waals surface area contributed by atoms with Crippen LogP contribution in [0.15, 0.2) is 48.7 Å². The lowest BCUT2D eigenvalue weighted by molar-refractivity contribution is -0.137. The molecule has 10 heteroatoms. The Morgan fingerprint density at radius 1 is 1.06 bits per heavy atom. The van der Waals surface area contributed by atoms with Crippen LogP contribution >= 0.6 is 0 Å². The third kappa shape index (κ3) is 5.36. The van der Waals surface area contributed by atoms with E-state index in [-0.39, 0.29) is 24.6 Å². The third-order valence-corrected chi connectivity index (χ3v) is 8.56. The molecule has 0 aliphatic carbocycles. The Bertz CT molecular complexity index is 1220. The van der Waals surface area contributed by atoms with E-state index in [2.05, 4.69) is 11.1 Å². The van der Waals surface area contributed by atoms with Crippen molar-refractivity contribution in [3.63, 3.8) is 0 Å². The summed E-state index contributed by atoms with van der Waals surface area (Å²) in [5.74, 6) is -1.65. The van der Waals surface area contributed by atoms with Gasteiger partial charge >= 0.3 is 0 Å². The number of pyridine rings is 1. The quantitative estimate of drug-likeness (QED) is 0.601. The van der Waals surface area contributed by atoms with Crippen LogP contribution in [0, 0.1) is 18.3 Å². The average molecular weight is 496 g/mol. The number of hydrogen-bond acceptors (Lipinski definition) is 7. The van der Waals surface area contributed by atoms with Crippen molar-refractivity contribution >= 4 is 21.8 Å². The van der Waals surface area contributed by atoms with Crippen LogP contribution in [-0.4, -0.2) is 77.8 Å². The summed E-state index contributed by atoms with van der Waals surface area (Å²) >= 11 is 0. The van der Waals surface area contributed by atoms with E-state index in [0.717, 1.165) is 15.6 Å². The minimum Gasteiger partial charge on any atom is -0.340 e. The van der Waals surface area contributed by atoms with Crippen molar-refractivity contribution in [1.29, 1.82) is 5.26 Å². The van der Waals surface area contributed by atoms with Gasteiger partial charge < -0.3 is 4.90 Å². The van der Waals surface area contributed by atoms with Crippen molar-refractivity contribution < 1.29 is 18.0 Å². The first-order valence-corrected chi connectivity index (χ1v) is 13.3. The van der Waals surface area contributed by atoms with Crippen LogP contribution in [0.2, 0.25) is 0 Å². The molecule has 1 aromatic carbocycles. The molecule has 0 radical (unpaired) electrons. The molecule has 3 heterocycles. The number of amides is 2. The average Bonchev–Trinajstić information content (AvgIpc) is 3.23. The number of aromatic nitrogens is 1. The predicted octanol–water partition coefficient (Wildman–Crippen LogP) is 1.83. The van der Waals surface area contributed by atoms with E-state index in [0.29, 0.717) is 38.2 Å². The second-order valence-corrected chi connectivity index (χ2v) is 10.9. The largest absolute Gasteiger partial charge is 0.340 e. The van der Waals surface area contributed by atoms with Crippen molar-refractivity contribution in [2.24, 2.45) is 0 Å². The maximum atomic E-state index is 13.3. The number of benzene rings is 1. The maximum Gasteiger partial charge on any atom is 0.244 e. The van der Waals surface area contributed by atoms with E-state index in [1.165, 1.54) is 0 Å². The zero-order valence-electron chi connectivity index (χ0n) is 19.7. The summed E-state index contributed by atoms with van der Waals surface area (Å²) in [4.78, 5) is 34.5. The number of aryl methyl sites for hydroxylation is 1. The van der Waals surface area contributed by atoms with Crippen LogP contribution in [-0.2, 0) is 19.6 Å². The van der Waals surface area contributed by atoms with Gasteiger partial charge in [0, 0.05) is 56.6 Å². The van der Waals surface area contributed by atoms with Crippen LogP contribution in [0.3, 0.4) is 0 Å². The molecule has 2 aliphatic rings. The number of rotatable bonds is 6. The van der Waals surface area contributed by atoms with E-state index < -0.39 is 27.9 Å². The summed E-state index contributed by atoms with van der Waals surface area (Å²) in [5, 5.41) is 9.79. The van der Waals surface area contributed by atoms with Crippen molar-refractivity contribution in [1.82, 2.24) is 19.1 Å². The summed E-state index contributed by atoms with van der Waals surface area (Å²) in [6.07, 6.45) is 2.00. The molecule has 0 saturated carbocycles. The fourth-order valence-corrected chi connectivity index (χ4v) is 6.28. The lowest BCUT2D eigenvalue weighted by Crippen LogP contribution is -2.50. The first-order chi connectivity index (χ1) is 16.8. The summed E-state index contributed by atoms with van der Waals surface area (Å²) in [6, 6.07) is 14.5. The highest BCUT2D eigenvalue weighted by atomic mass is 32.2. The van der Waals surface area contributed by atoms with Gasteiger partial charge in [0.05, 0.1) is 17.7 Å². The molecule has 2 unspecified atom stereocenters. The van der Waals surface area contributed by atoms with Gasteiger partial charge in [0.15, 0.2) is 0 Å². The number of piperazine rings is 1. The Balaban J connectivity index is 1.45. The highest BCUT2D eigenvalue weighted by Gasteiger charge is 2.39. The van der Waals surface area contributed by atoms with Crippen LogP contribution < -0.4 is 0 Å². The van der Waals surface area contributed by atoms with Gasteiger partial charge in [-0.25, -0.2) is 12.7 Å². The molecule has 35 heavy (non-hydrogen) atoms. The van der Waals surface area contributed by atoms with Crippen molar-refractivity contribution in [2.75, 3.05) is 38.5 Å². The summed E-state index contributed by atoms with van der Waals surface area (Å²) in [7, 11) is -3.63. The lowest BCUT2D eigenvalue weighted by atomic mass is 9.94. The molecule has 4 rings (SSSR count). The Morgan fingerprint density at radius 3 is 2.37 bits per heavy atom. The first-order valence-electron chi connectivity index (χ1n) is 11.7. The second-order valence-electron chi connectivity index (χ2n) is 8.87. The highest BCUT2D eigenvalue weighted by Crippen LogP contribution is 2.28. The first kappa shape index (κ1) is 24.8. The SMILES string of the molecule is Cc1ncccc1C(C#N)N1CCN(C(=O)CC(C(=O)N2CCCS2(=O)=O)c2ccccc2)CC1. The van der Waals surface area contributed by atoms with Crippen LogP contribution in [0.4, 0.5) is 0 Å². The zero-order valence-corrected chi connectivity index (χ0v) is 20.5. The molecular formula is C25H29N5O4S. The Labute approximate surface area is 206 Å². The number of nitriles is 1. The smallest absolute Gasteiger partial charge is 0.244 e. The normalized spacial score (nSPS) is 19.7. The fraction of sp³-hybridized carbons (Fsp3) is 0.440. The molecule has 0 bridgehead atoms. The number of carbonyl (C=O) groups excluding carboxylic acids is 2. The minimum absolute atomic E-state index is 0.0490. The Morgan fingerprint density at radius 2 is 1.77 bits per heavy atom. The van der Waals surface area contributed by atoms with Gasteiger partial charge in [-0.1, -0.05) is 36.4 Å². The van der Waals surface area contributed by atoms with Gasteiger partial charge in [-0.15, -0.1) is 0 Å². The second kappa shape index (κ2) is 10.5. The number of hydrogen-bond donors (Lipinski definition) is 0. The van der Waals surface area contributed by atoms with Crippen molar-refractivity contribution in [2.45, 2.75) is 31.7 Å². The zero-order chi connectivity index (χ0) is 25.0. The molecular weight excluding hydrogens is 466 g/mol. The van der Waals surface area contributed by atoms with Gasteiger partial charge in [0.1, 0.15) is 6.04 Å². The molecule has 1 aromatic heterocycles. The lowest BCUT2D eigenvalue weighted by Gasteiger charge is -2.37. The minimum atomic E-state index is -3.63. The van der Waals surface area contributed by atoms with Crippen LogP contribution in [0.25, 0.3) is 0 Å². The molecule has 0 N–H and O–H groups in total. The summed E-state index contributed by atoms with van der Waals surface area (Å²) < 4.78 is 25.7. The van der Waals surface area contributed by atoms with Crippen molar-refractivity contribution in [3.8, 4) is 6.07 Å². The molecule has 2 aliphatic heterocycles. The van der Waals surface area contributed by atoms with Gasteiger partial charge in [0.25, 0.3) is 0 Å². The third-order valence-electron chi connectivity index (χ3n) is 6.72. The summed E-state index contributed by atoms with van der Waals surface area (Å²) in [6.45, 7) is 3.91. The molecule has 2 fully saturated rings. The molecule has 0 spiro atoms. The number of carbonyl (C=O) groups is 2. The van der Waals surface area contributed by atoms with E-state index in [1.807, 2.05) is 30.0 Å². The maximum absolute atomic E-state index is 13.3. The highest BCUT2D eigenvalue weighted by molar-refractivity contribution is 7.89. The fourth-order valence-electron chi connectivity index (χ4n) is 4.76. The predicted molar refractivity (Wildman–Crippen MR) is 129 cm³/mol. The Hall–Kier alpha value is -3.29. The van der Waals surface area contributed by atoms with Gasteiger partial charge in [-0.2, -0.15) is 5.26 Å². The van der Waals surface area contributed by atoms with E-state index in [1.54, 1.807) is 35.4 Å². The molecule has 2 aromatic rings. The molecule has 184 valence electrons. The van der Waals surface area contributed by atoms with Crippen LogP contribution in [0.5, 0.6) is 0 Å². The van der Waals surface area contributed by atoms with E-state index >= 15 is 0 Å². The monoisotopic (exact) mass is 495 g/mol. The topological polar surface area (TPSA) is 115 Å². The summed E-state index contributed by atoms with van der Waals surface area (Å²) in [5.41, 5.74) is 2.29. The van der Waals surface area contributed by atoms with E-state index in [4.69, 9.17) is 0 Å². The van der Waals surface area contributed by atoms with E-state index in [9.17, 15) is 23.3 Å². The Kier molecular flexibility index (Phi) is 7.48. The molecule has 2 amide bonds.